The molecule has 1 nitrogen and oxygen atoms in total. The predicted octanol–water partition coefficient (Wildman–Crippen LogP) is 4.66. The van der Waals surface area contributed by atoms with E-state index in [2.05, 4.69) is 41.2 Å². The molecule has 16 heavy (non-hydrogen) atoms. The highest BCUT2D eigenvalue weighted by molar-refractivity contribution is 9.11. The van der Waals surface area contributed by atoms with E-state index in [-0.39, 0.29) is 0 Å². The molecule has 1 heterocycles. The van der Waals surface area contributed by atoms with Crippen LogP contribution in [0.5, 0.6) is 0 Å². The van der Waals surface area contributed by atoms with E-state index >= 15 is 0 Å². The summed E-state index contributed by atoms with van der Waals surface area (Å²) >= 11 is 5.46. The minimum atomic E-state index is 0.579. The number of halogens is 1. The topological polar surface area (TPSA) is 12.0 Å². The average Bonchev–Trinajstić information content (AvgIpc) is 2.85. The lowest BCUT2D eigenvalue weighted by molar-refractivity contribution is 0.374. The number of hydrogen-bond acceptors (Lipinski definition) is 2. The van der Waals surface area contributed by atoms with E-state index in [4.69, 9.17) is 0 Å². The normalized spacial score (nSPS) is 19.2. The maximum Gasteiger partial charge on any atom is 0.0704 e. The van der Waals surface area contributed by atoms with Crippen LogP contribution < -0.4 is 5.32 Å². The molecule has 0 aliphatic heterocycles. The first-order valence-electron chi connectivity index (χ1n) is 6.21. The molecule has 1 aromatic rings. The van der Waals surface area contributed by atoms with Crippen LogP contribution in [0.4, 0.5) is 0 Å². The molecule has 0 saturated heterocycles. The molecule has 3 heteroatoms. The van der Waals surface area contributed by atoms with Gasteiger partial charge in [0.15, 0.2) is 0 Å². The van der Waals surface area contributed by atoms with Crippen LogP contribution in [0.1, 0.15) is 49.1 Å². The third-order valence-corrected chi connectivity index (χ3v) is 5.13. The minimum Gasteiger partial charge on any atom is -0.310 e. The third-order valence-electron chi connectivity index (χ3n) is 3.56. The van der Waals surface area contributed by atoms with Crippen molar-refractivity contribution in [2.75, 3.05) is 6.54 Å². The van der Waals surface area contributed by atoms with Gasteiger partial charge in [-0.25, -0.2) is 0 Å². The van der Waals surface area contributed by atoms with Gasteiger partial charge in [0.2, 0.25) is 0 Å². The van der Waals surface area contributed by atoms with E-state index < -0.39 is 0 Å². The zero-order valence-corrected chi connectivity index (χ0v) is 12.5. The van der Waals surface area contributed by atoms with Crippen LogP contribution >= 0.6 is 27.3 Å². The zero-order valence-electron chi connectivity index (χ0n) is 10.1. The Kier molecular flexibility index (Phi) is 4.45. The van der Waals surface area contributed by atoms with E-state index in [1.165, 1.54) is 39.9 Å². The molecule has 0 radical (unpaired) electrons. The molecule has 0 bridgehead atoms. The second-order valence-corrected chi connectivity index (χ2v) is 7.28. The van der Waals surface area contributed by atoms with E-state index in [1.807, 2.05) is 11.3 Å². The second-order valence-electron chi connectivity index (χ2n) is 4.64. The summed E-state index contributed by atoms with van der Waals surface area (Å²) in [4.78, 5) is 1.46. The van der Waals surface area contributed by atoms with E-state index in [1.54, 1.807) is 0 Å². The number of hydrogen-bond donors (Lipinski definition) is 1. The molecule has 1 aliphatic rings. The van der Waals surface area contributed by atoms with Gasteiger partial charge in [-0.3, -0.25) is 0 Å². The molecule has 1 atom stereocenters. The fraction of sp³-hybridized carbons (Fsp3) is 0.692. The van der Waals surface area contributed by atoms with Crippen LogP contribution in [0, 0.1) is 12.8 Å². The zero-order chi connectivity index (χ0) is 11.5. The van der Waals surface area contributed by atoms with Gasteiger partial charge in [0.1, 0.15) is 0 Å². The van der Waals surface area contributed by atoms with E-state index in [9.17, 15) is 0 Å². The van der Waals surface area contributed by atoms with Crippen LogP contribution in [0.15, 0.2) is 9.85 Å². The van der Waals surface area contributed by atoms with Gasteiger partial charge in [-0.2, -0.15) is 0 Å². The first-order valence-corrected chi connectivity index (χ1v) is 7.82. The molecule has 1 N–H and O–H groups in total. The Morgan fingerprint density at radius 3 is 2.69 bits per heavy atom. The molecule has 90 valence electrons. The van der Waals surface area contributed by atoms with Crippen molar-refractivity contribution in [3.63, 3.8) is 0 Å². The van der Waals surface area contributed by atoms with Gasteiger partial charge in [-0.05, 0) is 59.8 Å². The molecule has 0 amide bonds. The summed E-state index contributed by atoms with van der Waals surface area (Å²) in [6.45, 7) is 5.51. The van der Waals surface area contributed by atoms with Crippen molar-refractivity contribution in [1.29, 1.82) is 0 Å². The molecule has 0 aromatic carbocycles. The Morgan fingerprint density at radius 1 is 1.50 bits per heavy atom. The molecular weight excluding hydrogens is 282 g/mol. The van der Waals surface area contributed by atoms with Crippen molar-refractivity contribution in [1.82, 2.24) is 5.32 Å². The maximum absolute atomic E-state index is 3.68. The Labute approximate surface area is 111 Å². The summed E-state index contributed by atoms with van der Waals surface area (Å²) in [5.74, 6) is 0.847. The van der Waals surface area contributed by atoms with Gasteiger partial charge < -0.3 is 5.32 Å². The van der Waals surface area contributed by atoms with Crippen molar-refractivity contribution in [3.8, 4) is 0 Å². The number of nitrogens with one attached hydrogen (secondary N) is 1. The summed E-state index contributed by atoms with van der Waals surface area (Å²) in [5.41, 5.74) is 1.52. The smallest absolute Gasteiger partial charge is 0.0704 e. The molecule has 1 unspecified atom stereocenters. The van der Waals surface area contributed by atoms with Gasteiger partial charge in [0.05, 0.1) is 3.79 Å². The lowest BCUT2D eigenvalue weighted by Crippen LogP contribution is -2.27. The summed E-state index contributed by atoms with van der Waals surface area (Å²) in [5, 5.41) is 3.68. The molecule has 2 rings (SSSR count). The van der Waals surface area contributed by atoms with Crippen LogP contribution in [0.3, 0.4) is 0 Å². The largest absolute Gasteiger partial charge is 0.310 e. The van der Waals surface area contributed by atoms with E-state index in [0.29, 0.717) is 6.04 Å². The number of rotatable bonds is 4. The van der Waals surface area contributed by atoms with Crippen molar-refractivity contribution in [3.05, 3.63) is 20.3 Å². The lowest BCUT2D eigenvalue weighted by atomic mass is 9.92. The SMILES string of the molecule is CCNC(c1cc(Br)sc1C)C1CCCC1. The third kappa shape index (κ3) is 2.69. The predicted molar refractivity (Wildman–Crippen MR) is 75.1 cm³/mol. The highest BCUT2D eigenvalue weighted by Gasteiger charge is 2.27. The first-order chi connectivity index (χ1) is 7.72. The monoisotopic (exact) mass is 301 g/mol. The van der Waals surface area contributed by atoms with Gasteiger partial charge in [-0.15, -0.1) is 11.3 Å². The average molecular weight is 302 g/mol. The van der Waals surface area contributed by atoms with Gasteiger partial charge >= 0.3 is 0 Å². The molecule has 0 spiro atoms. The summed E-state index contributed by atoms with van der Waals surface area (Å²) < 4.78 is 1.26. The lowest BCUT2D eigenvalue weighted by Gasteiger charge is -2.24. The van der Waals surface area contributed by atoms with Crippen LogP contribution in [-0.4, -0.2) is 6.54 Å². The molecule has 1 saturated carbocycles. The first kappa shape index (κ1) is 12.6. The standard InChI is InChI=1S/C13H20BrNS/c1-3-15-13(10-6-4-5-7-10)11-8-12(14)16-9(11)2/h8,10,13,15H,3-7H2,1-2H3. The molecular formula is C13H20BrNS. The fourth-order valence-corrected chi connectivity index (χ4v) is 4.57. The Hall–Kier alpha value is 0.140. The number of thiophene rings is 1. The summed E-state index contributed by atoms with van der Waals surface area (Å²) in [6, 6.07) is 2.89. The van der Waals surface area contributed by atoms with Crippen molar-refractivity contribution in [2.24, 2.45) is 5.92 Å². The molecule has 1 fully saturated rings. The van der Waals surface area contributed by atoms with Crippen molar-refractivity contribution < 1.29 is 0 Å². The van der Waals surface area contributed by atoms with Crippen molar-refractivity contribution in [2.45, 2.75) is 45.6 Å². The summed E-state index contributed by atoms with van der Waals surface area (Å²) in [7, 11) is 0. The van der Waals surface area contributed by atoms with Gasteiger partial charge in [0, 0.05) is 10.9 Å². The van der Waals surface area contributed by atoms with Crippen molar-refractivity contribution >= 4 is 27.3 Å². The van der Waals surface area contributed by atoms with E-state index in [0.717, 1.165) is 12.5 Å². The van der Waals surface area contributed by atoms with Crippen LogP contribution in [0.2, 0.25) is 0 Å². The van der Waals surface area contributed by atoms with Gasteiger partial charge in [0.25, 0.3) is 0 Å². The van der Waals surface area contributed by atoms with Crippen LogP contribution in [0.25, 0.3) is 0 Å². The Morgan fingerprint density at radius 2 is 2.19 bits per heavy atom. The second kappa shape index (κ2) is 5.65. The Balaban J connectivity index is 2.20. The quantitative estimate of drug-likeness (QED) is 0.853. The van der Waals surface area contributed by atoms with Crippen LogP contribution in [-0.2, 0) is 0 Å². The Bertz CT molecular complexity index is 342. The fourth-order valence-electron chi connectivity index (χ4n) is 2.81. The number of aryl methyl sites for hydroxylation is 1. The minimum absolute atomic E-state index is 0.579. The molecule has 1 aromatic heterocycles. The van der Waals surface area contributed by atoms with Gasteiger partial charge in [-0.1, -0.05) is 19.8 Å². The molecule has 1 aliphatic carbocycles. The highest BCUT2D eigenvalue weighted by atomic mass is 79.9. The maximum atomic E-state index is 3.68. The highest BCUT2D eigenvalue weighted by Crippen LogP contribution is 2.40. The summed E-state index contributed by atoms with van der Waals surface area (Å²) in [6.07, 6.45) is 5.61.